The Morgan fingerprint density at radius 1 is 0.667 bits per heavy atom. The summed E-state index contributed by atoms with van der Waals surface area (Å²) in [7, 11) is 0. The van der Waals surface area contributed by atoms with Crippen molar-refractivity contribution in [3.63, 3.8) is 0 Å². The minimum atomic E-state index is 1.35. The van der Waals surface area contributed by atoms with Crippen LogP contribution >= 0.6 is 0 Å². The van der Waals surface area contributed by atoms with Crippen LogP contribution in [0.4, 0.5) is 0 Å². The lowest BCUT2D eigenvalue weighted by Crippen LogP contribution is -1.92. The molecule has 0 aliphatic rings. The maximum absolute atomic E-state index is 2.30. The summed E-state index contributed by atoms with van der Waals surface area (Å²) < 4.78 is 0. The Kier molecular flexibility index (Phi) is 2.30. The van der Waals surface area contributed by atoms with Gasteiger partial charge in [0, 0.05) is 0 Å². The van der Waals surface area contributed by atoms with Crippen LogP contribution in [0.2, 0.25) is 0 Å². The zero-order chi connectivity index (χ0) is 11.2. The van der Waals surface area contributed by atoms with Crippen molar-refractivity contribution in [2.24, 2.45) is 0 Å². The highest BCUT2D eigenvalue weighted by atomic mass is 14.1. The second-order valence-electron chi connectivity index (χ2n) is 4.62. The molecule has 0 atom stereocenters. The predicted octanol–water partition coefficient (Wildman–Crippen LogP) is 4.38. The molecule has 0 radical (unpaired) electrons. The van der Waals surface area contributed by atoms with Crippen molar-refractivity contribution in [3.05, 3.63) is 46.0 Å². The second kappa shape index (κ2) is 3.37. The van der Waals surface area contributed by atoms with Gasteiger partial charge in [-0.25, -0.2) is 0 Å². The maximum atomic E-state index is 2.30. The Hall–Kier alpha value is -1.30. The molecule has 0 N–H and O–H groups in total. The van der Waals surface area contributed by atoms with Gasteiger partial charge >= 0.3 is 0 Å². The Balaban J connectivity index is 2.99. The van der Waals surface area contributed by atoms with Crippen molar-refractivity contribution in [3.8, 4) is 0 Å². The Morgan fingerprint density at radius 2 is 1.33 bits per heavy atom. The molecule has 0 heterocycles. The van der Waals surface area contributed by atoms with Crippen molar-refractivity contribution in [2.75, 3.05) is 0 Å². The van der Waals surface area contributed by atoms with Gasteiger partial charge in [-0.05, 0) is 67.6 Å². The fraction of sp³-hybridized carbons (Fsp3) is 0.333. The van der Waals surface area contributed by atoms with E-state index in [-0.39, 0.29) is 0 Å². The van der Waals surface area contributed by atoms with Crippen LogP contribution in [0.25, 0.3) is 10.8 Å². The highest BCUT2D eigenvalue weighted by Gasteiger charge is 2.06. The van der Waals surface area contributed by atoms with Crippen molar-refractivity contribution in [1.29, 1.82) is 0 Å². The molecule has 0 aromatic heterocycles. The van der Waals surface area contributed by atoms with E-state index in [1.807, 2.05) is 0 Å². The van der Waals surface area contributed by atoms with Gasteiger partial charge in [-0.15, -0.1) is 0 Å². The highest BCUT2D eigenvalue weighted by molar-refractivity contribution is 5.90. The van der Waals surface area contributed by atoms with Crippen LogP contribution in [0.15, 0.2) is 18.2 Å². The Labute approximate surface area is 91.9 Å². The van der Waals surface area contributed by atoms with Crippen LogP contribution in [0.1, 0.15) is 27.8 Å². The SMILES string of the molecule is Cc1cc(C)c2c(C)c(C)c(C)cc2c1. The van der Waals surface area contributed by atoms with E-state index in [1.54, 1.807) is 0 Å². The molecular formula is C15H18. The van der Waals surface area contributed by atoms with E-state index >= 15 is 0 Å². The monoisotopic (exact) mass is 198 g/mol. The number of hydrogen-bond donors (Lipinski definition) is 0. The number of fused-ring (bicyclic) bond motifs is 1. The minimum Gasteiger partial charge on any atom is -0.0557 e. The lowest BCUT2D eigenvalue weighted by atomic mass is 9.92. The third-order valence-corrected chi connectivity index (χ3v) is 3.41. The fourth-order valence-electron chi connectivity index (χ4n) is 2.45. The van der Waals surface area contributed by atoms with E-state index in [9.17, 15) is 0 Å². The molecule has 2 aromatic carbocycles. The lowest BCUT2D eigenvalue weighted by Gasteiger charge is -2.12. The molecule has 0 amide bonds. The summed E-state index contributed by atoms with van der Waals surface area (Å²) in [4.78, 5) is 0. The second-order valence-corrected chi connectivity index (χ2v) is 4.62. The van der Waals surface area contributed by atoms with Crippen LogP contribution in [-0.4, -0.2) is 0 Å². The molecule has 0 saturated carbocycles. The molecule has 0 heteroatoms. The molecule has 15 heavy (non-hydrogen) atoms. The average Bonchev–Trinajstić information content (AvgIpc) is 2.13. The van der Waals surface area contributed by atoms with E-state index in [0.29, 0.717) is 0 Å². The van der Waals surface area contributed by atoms with Crippen LogP contribution in [0.3, 0.4) is 0 Å². The summed E-state index contributed by atoms with van der Waals surface area (Å²) >= 11 is 0. The molecule has 0 bridgehead atoms. The Bertz CT molecular complexity index is 533. The van der Waals surface area contributed by atoms with Gasteiger partial charge in [-0.1, -0.05) is 23.8 Å². The largest absolute Gasteiger partial charge is 0.0557 e. The van der Waals surface area contributed by atoms with Gasteiger partial charge in [0.25, 0.3) is 0 Å². The molecule has 0 aliphatic carbocycles. The third kappa shape index (κ3) is 1.54. The van der Waals surface area contributed by atoms with Crippen LogP contribution in [-0.2, 0) is 0 Å². The van der Waals surface area contributed by atoms with Gasteiger partial charge < -0.3 is 0 Å². The van der Waals surface area contributed by atoms with Gasteiger partial charge in [0.1, 0.15) is 0 Å². The molecule has 0 fully saturated rings. The van der Waals surface area contributed by atoms with Crippen molar-refractivity contribution in [2.45, 2.75) is 34.6 Å². The van der Waals surface area contributed by atoms with Crippen LogP contribution in [0.5, 0.6) is 0 Å². The van der Waals surface area contributed by atoms with E-state index in [4.69, 9.17) is 0 Å². The quantitative estimate of drug-likeness (QED) is 0.589. The first-order valence-electron chi connectivity index (χ1n) is 5.48. The van der Waals surface area contributed by atoms with E-state index in [0.717, 1.165) is 0 Å². The Morgan fingerprint density at radius 3 is 2.00 bits per heavy atom. The molecular weight excluding hydrogens is 180 g/mol. The summed E-state index contributed by atoms with van der Waals surface area (Å²) in [5.41, 5.74) is 7.00. The fourth-order valence-corrected chi connectivity index (χ4v) is 2.45. The normalized spacial score (nSPS) is 11.0. The first-order chi connectivity index (χ1) is 7.00. The summed E-state index contributed by atoms with van der Waals surface area (Å²) in [5.74, 6) is 0. The lowest BCUT2D eigenvalue weighted by molar-refractivity contribution is 1.28. The zero-order valence-corrected chi connectivity index (χ0v) is 10.2. The van der Waals surface area contributed by atoms with Gasteiger partial charge in [0.05, 0.1) is 0 Å². The van der Waals surface area contributed by atoms with Gasteiger partial charge in [-0.3, -0.25) is 0 Å². The average molecular weight is 198 g/mol. The first-order valence-corrected chi connectivity index (χ1v) is 5.48. The highest BCUT2D eigenvalue weighted by Crippen LogP contribution is 2.28. The van der Waals surface area contributed by atoms with E-state index < -0.39 is 0 Å². The maximum Gasteiger partial charge on any atom is -0.0122 e. The first kappa shape index (κ1) is 10.2. The van der Waals surface area contributed by atoms with Gasteiger partial charge in [0.15, 0.2) is 0 Å². The van der Waals surface area contributed by atoms with E-state index in [1.165, 1.54) is 38.6 Å². The number of rotatable bonds is 0. The number of benzene rings is 2. The molecule has 0 spiro atoms. The topological polar surface area (TPSA) is 0 Å². The molecule has 2 rings (SSSR count). The number of aryl methyl sites for hydroxylation is 4. The van der Waals surface area contributed by atoms with Crippen LogP contribution < -0.4 is 0 Å². The van der Waals surface area contributed by atoms with Crippen molar-refractivity contribution >= 4 is 10.8 Å². The van der Waals surface area contributed by atoms with Crippen LogP contribution in [0, 0.1) is 34.6 Å². The molecule has 0 nitrogen and oxygen atoms in total. The molecule has 0 aliphatic heterocycles. The molecule has 0 saturated heterocycles. The minimum absolute atomic E-state index is 1.35. The molecule has 2 aromatic rings. The van der Waals surface area contributed by atoms with Crippen molar-refractivity contribution < 1.29 is 0 Å². The predicted molar refractivity (Wildman–Crippen MR) is 67.6 cm³/mol. The van der Waals surface area contributed by atoms with Gasteiger partial charge in [-0.2, -0.15) is 0 Å². The summed E-state index contributed by atoms with van der Waals surface area (Å²) in [6.45, 7) is 11.0. The van der Waals surface area contributed by atoms with Gasteiger partial charge in [0.2, 0.25) is 0 Å². The molecule has 0 unspecified atom stereocenters. The zero-order valence-electron chi connectivity index (χ0n) is 10.2. The summed E-state index contributed by atoms with van der Waals surface area (Å²) in [6.07, 6.45) is 0. The summed E-state index contributed by atoms with van der Waals surface area (Å²) in [5, 5.41) is 2.82. The number of hydrogen-bond acceptors (Lipinski definition) is 0. The third-order valence-electron chi connectivity index (χ3n) is 3.41. The van der Waals surface area contributed by atoms with E-state index in [2.05, 4.69) is 52.8 Å². The smallest absolute Gasteiger partial charge is 0.0122 e. The standard InChI is InChI=1S/C15H18/c1-9-6-11(3)15-13(5)12(4)10(2)8-14(15)7-9/h6-8H,1-5H3. The van der Waals surface area contributed by atoms with Crippen molar-refractivity contribution in [1.82, 2.24) is 0 Å². The summed E-state index contributed by atoms with van der Waals surface area (Å²) in [6, 6.07) is 6.85. The molecule has 78 valence electrons.